The Morgan fingerprint density at radius 3 is 2.35 bits per heavy atom. The number of carbonyl (C=O) groups is 2. The number of hydrogen-bond acceptors (Lipinski definition) is 3. The van der Waals surface area contributed by atoms with E-state index in [-0.39, 0.29) is 19.1 Å². The van der Waals surface area contributed by atoms with Gasteiger partial charge in [-0.2, -0.15) is 0 Å². The Morgan fingerprint density at radius 1 is 1.18 bits per heavy atom. The maximum atomic E-state index is 11.5. The normalized spacial score (nSPS) is 9.71. The van der Waals surface area contributed by atoms with Crippen LogP contribution < -0.4 is 16.4 Å². The molecule has 92 valence electrons. The monoisotopic (exact) mass is 237 g/mol. The fourth-order valence-electron chi connectivity index (χ4n) is 1.23. The van der Waals surface area contributed by atoms with Crippen molar-refractivity contribution in [1.82, 2.24) is 10.6 Å². The van der Waals surface area contributed by atoms with Gasteiger partial charge in [0.2, 0.25) is 0 Å². The predicted octanol–water partition coefficient (Wildman–Crippen LogP) is -0.423. The van der Waals surface area contributed by atoms with Crippen molar-refractivity contribution in [1.29, 1.82) is 0 Å². The molecule has 1 aromatic rings. The maximum absolute atomic E-state index is 11.5. The first-order valence-corrected chi connectivity index (χ1v) is 5.15. The number of amides is 3. The highest BCUT2D eigenvalue weighted by Gasteiger charge is 2.04. The summed E-state index contributed by atoms with van der Waals surface area (Å²) in [5.74, 6) is -0.242. The summed E-state index contributed by atoms with van der Waals surface area (Å²) in [5, 5.41) is 13.6. The van der Waals surface area contributed by atoms with E-state index in [0.29, 0.717) is 12.1 Å². The SMILES string of the molecule is NC(=O)NCc1ccc(C(=O)NCCO)cc1. The number of rotatable bonds is 5. The van der Waals surface area contributed by atoms with E-state index in [2.05, 4.69) is 10.6 Å². The number of carbonyl (C=O) groups excluding carboxylic acids is 2. The van der Waals surface area contributed by atoms with Gasteiger partial charge in [0.25, 0.3) is 5.91 Å². The molecular weight excluding hydrogens is 222 g/mol. The number of benzene rings is 1. The van der Waals surface area contributed by atoms with Gasteiger partial charge in [0, 0.05) is 18.7 Å². The largest absolute Gasteiger partial charge is 0.395 e. The highest BCUT2D eigenvalue weighted by atomic mass is 16.3. The molecule has 0 saturated carbocycles. The molecule has 0 bridgehead atoms. The molecule has 0 unspecified atom stereocenters. The van der Waals surface area contributed by atoms with Crippen molar-refractivity contribution in [2.75, 3.05) is 13.2 Å². The number of nitrogens with two attached hydrogens (primary N) is 1. The summed E-state index contributed by atoms with van der Waals surface area (Å²) in [6, 6.07) is 6.15. The van der Waals surface area contributed by atoms with Crippen LogP contribution in [0.3, 0.4) is 0 Å². The molecule has 0 aliphatic rings. The molecule has 5 N–H and O–H groups in total. The molecule has 0 atom stereocenters. The average molecular weight is 237 g/mol. The zero-order valence-corrected chi connectivity index (χ0v) is 9.27. The van der Waals surface area contributed by atoms with Gasteiger partial charge >= 0.3 is 6.03 Å². The van der Waals surface area contributed by atoms with Gasteiger partial charge in [-0.1, -0.05) is 12.1 Å². The van der Waals surface area contributed by atoms with Crippen LogP contribution in [0.15, 0.2) is 24.3 Å². The molecule has 0 heterocycles. The fourth-order valence-corrected chi connectivity index (χ4v) is 1.23. The van der Waals surface area contributed by atoms with E-state index in [1.54, 1.807) is 24.3 Å². The number of primary amides is 1. The number of aliphatic hydroxyl groups excluding tert-OH is 1. The lowest BCUT2D eigenvalue weighted by Crippen LogP contribution is -2.28. The Morgan fingerprint density at radius 2 is 1.82 bits per heavy atom. The minimum atomic E-state index is -0.588. The van der Waals surface area contributed by atoms with E-state index >= 15 is 0 Å². The second kappa shape index (κ2) is 6.49. The molecule has 0 fully saturated rings. The van der Waals surface area contributed by atoms with Crippen LogP contribution in [0.25, 0.3) is 0 Å². The van der Waals surface area contributed by atoms with E-state index in [0.717, 1.165) is 5.56 Å². The van der Waals surface area contributed by atoms with Crippen LogP contribution in [0.2, 0.25) is 0 Å². The second-order valence-corrected chi connectivity index (χ2v) is 3.39. The first-order valence-electron chi connectivity index (χ1n) is 5.15. The van der Waals surface area contributed by atoms with Gasteiger partial charge in [0.1, 0.15) is 0 Å². The van der Waals surface area contributed by atoms with Crippen LogP contribution in [-0.4, -0.2) is 30.2 Å². The molecule has 0 aliphatic heterocycles. The highest BCUT2D eigenvalue weighted by Crippen LogP contribution is 2.04. The molecule has 6 heteroatoms. The summed E-state index contributed by atoms with van der Waals surface area (Å²) in [4.78, 5) is 22.0. The first kappa shape index (κ1) is 13.0. The summed E-state index contributed by atoms with van der Waals surface area (Å²) in [6.45, 7) is 0.462. The smallest absolute Gasteiger partial charge is 0.312 e. The molecule has 3 amide bonds. The van der Waals surface area contributed by atoms with Gasteiger partial charge in [-0.3, -0.25) is 4.79 Å². The van der Waals surface area contributed by atoms with Gasteiger partial charge in [0.15, 0.2) is 0 Å². The third kappa shape index (κ3) is 4.52. The lowest BCUT2D eigenvalue weighted by molar-refractivity contribution is 0.0944. The van der Waals surface area contributed by atoms with Crippen molar-refractivity contribution in [2.45, 2.75) is 6.54 Å². The van der Waals surface area contributed by atoms with Crippen LogP contribution in [-0.2, 0) is 6.54 Å². The number of urea groups is 1. The maximum Gasteiger partial charge on any atom is 0.312 e. The Labute approximate surface area is 98.8 Å². The molecule has 0 radical (unpaired) electrons. The van der Waals surface area contributed by atoms with Crippen LogP contribution in [0, 0.1) is 0 Å². The topological polar surface area (TPSA) is 104 Å². The molecule has 0 spiro atoms. The molecule has 1 aromatic carbocycles. The lowest BCUT2D eigenvalue weighted by atomic mass is 10.1. The number of aliphatic hydroxyl groups is 1. The van der Waals surface area contributed by atoms with E-state index in [4.69, 9.17) is 10.8 Å². The molecule has 17 heavy (non-hydrogen) atoms. The molecule has 0 aliphatic carbocycles. The number of hydrogen-bond donors (Lipinski definition) is 4. The summed E-state index contributed by atoms with van der Waals surface area (Å²) in [7, 11) is 0. The van der Waals surface area contributed by atoms with Gasteiger partial charge in [-0.15, -0.1) is 0 Å². The Hall–Kier alpha value is -2.08. The van der Waals surface area contributed by atoms with Crippen molar-refractivity contribution >= 4 is 11.9 Å². The minimum absolute atomic E-state index is 0.0909. The predicted molar refractivity (Wildman–Crippen MR) is 62.3 cm³/mol. The summed E-state index contributed by atoms with van der Waals surface area (Å²) >= 11 is 0. The van der Waals surface area contributed by atoms with Crippen LogP contribution in [0.5, 0.6) is 0 Å². The van der Waals surface area contributed by atoms with E-state index in [1.165, 1.54) is 0 Å². The molecule has 0 aromatic heterocycles. The summed E-state index contributed by atoms with van der Waals surface area (Å²) in [6.07, 6.45) is 0. The van der Waals surface area contributed by atoms with Crippen LogP contribution in [0.4, 0.5) is 4.79 Å². The second-order valence-electron chi connectivity index (χ2n) is 3.39. The van der Waals surface area contributed by atoms with Crippen molar-refractivity contribution < 1.29 is 14.7 Å². The molecular formula is C11H15N3O3. The zero-order valence-electron chi connectivity index (χ0n) is 9.27. The van der Waals surface area contributed by atoms with E-state index in [1.807, 2.05) is 0 Å². The van der Waals surface area contributed by atoms with Crippen LogP contribution in [0.1, 0.15) is 15.9 Å². The van der Waals surface area contributed by atoms with Crippen molar-refractivity contribution in [3.05, 3.63) is 35.4 Å². The highest BCUT2D eigenvalue weighted by molar-refractivity contribution is 5.94. The van der Waals surface area contributed by atoms with Gasteiger partial charge in [0.05, 0.1) is 6.61 Å². The van der Waals surface area contributed by atoms with Crippen molar-refractivity contribution in [3.8, 4) is 0 Å². The Bertz CT molecular complexity index is 389. The average Bonchev–Trinajstić information content (AvgIpc) is 2.34. The van der Waals surface area contributed by atoms with Gasteiger partial charge in [-0.05, 0) is 17.7 Å². The van der Waals surface area contributed by atoms with Gasteiger partial charge in [-0.25, -0.2) is 4.79 Å². The first-order chi connectivity index (χ1) is 8.13. The van der Waals surface area contributed by atoms with Gasteiger partial charge < -0.3 is 21.5 Å². The zero-order chi connectivity index (χ0) is 12.7. The van der Waals surface area contributed by atoms with E-state index < -0.39 is 6.03 Å². The Kier molecular flexibility index (Phi) is 4.96. The minimum Gasteiger partial charge on any atom is -0.395 e. The quantitative estimate of drug-likeness (QED) is 0.559. The fraction of sp³-hybridized carbons (Fsp3) is 0.273. The third-order valence-electron chi connectivity index (χ3n) is 2.08. The lowest BCUT2D eigenvalue weighted by Gasteiger charge is -2.05. The standard InChI is InChI=1S/C11H15N3O3/c12-11(17)14-7-8-1-3-9(4-2-8)10(16)13-5-6-15/h1-4,15H,5-7H2,(H,13,16)(H3,12,14,17). The third-order valence-corrected chi connectivity index (χ3v) is 2.08. The number of nitrogens with one attached hydrogen (secondary N) is 2. The van der Waals surface area contributed by atoms with E-state index in [9.17, 15) is 9.59 Å². The molecule has 6 nitrogen and oxygen atoms in total. The summed E-state index contributed by atoms with van der Waals surface area (Å²) in [5.41, 5.74) is 6.29. The summed E-state index contributed by atoms with van der Waals surface area (Å²) < 4.78 is 0. The molecule has 1 rings (SSSR count). The van der Waals surface area contributed by atoms with Crippen molar-refractivity contribution in [2.24, 2.45) is 5.73 Å². The van der Waals surface area contributed by atoms with Crippen LogP contribution >= 0.6 is 0 Å². The Balaban J connectivity index is 2.55. The molecule has 0 saturated heterocycles. The van der Waals surface area contributed by atoms with Crippen molar-refractivity contribution in [3.63, 3.8) is 0 Å².